The minimum absolute atomic E-state index is 0.0349. The average molecular weight is 466 g/mol. The van der Waals surface area contributed by atoms with Gasteiger partial charge in [0, 0.05) is 23.0 Å². The van der Waals surface area contributed by atoms with Gasteiger partial charge in [0.05, 0.1) is 29.2 Å². The van der Waals surface area contributed by atoms with Crippen molar-refractivity contribution in [3.05, 3.63) is 70.4 Å². The highest BCUT2D eigenvalue weighted by molar-refractivity contribution is 7.90. The van der Waals surface area contributed by atoms with Crippen molar-refractivity contribution in [2.24, 2.45) is 5.92 Å². The molecule has 0 amide bonds. The SMILES string of the molecule is CS(=O)(=O)c1ccc(-c2cnn(CC(F)(F)F)c(=O)c2C2C=CC3=COCC3C2=O)cc1. The van der Waals surface area contributed by atoms with Gasteiger partial charge in [0.25, 0.3) is 5.56 Å². The first-order chi connectivity index (χ1) is 15.0. The molecular weight excluding hydrogens is 449 g/mol. The van der Waals surface area contributed by atoms with Gasteiger partial charge in [0.15, 0.2) is 15.6 Å². The number of hydrogen-bond acceptors (Lipinski definition) is 6. The summed E-state index contributed by atoms with van der Waals surface area (Å²) in [6.45, 7) is -1.51. The predicted molar refractivity (Wildman–Crippen MR) is 108 cm³/mol. The molecule has 0 spiro atoms. The molecule has 7 nitrogen and oxygen atoms in total. The van der Waals surface area contributed by atoms with Crippen molar-refractivity contribution in [2.45, 2.75) is 23.5 Å². The van der Waals surface area contributed by atoms with Crippen LogP contribution in [0.25, 0.3) is 11.1 Å². The molecule has 2 atom stereocenters. The Labute approximate surface area is 180 Å². The molecule has 1 aliphatic heterocycles. The third-order valence-electron chi connectivity index (χ3n) is 5.33. The van der Waals surface area contributed by atoms with E-state index in [0.717, 1.165) is 12.5 Å². The van der Waals surface area contributed by atoms with Crippen LogP contribution in [-0.4, -0.2) is 43.0 Å². The number of nitrogens with zero attached hydrogens (tertiary/aromatic N) is 2. The summed E-state index contributed by atoms with van der Waals surface area (Å²) in [6, 6.07) is 5.48. The van der Waals surface area contributed by atoms with Crippen LogP contribution in [0.3, 0.4) is 0 Å². The van der Waals surface area contributed by atoms with Crippen LogP contribution in [0.1, 0.15) is 11.5 Å². The lowest BCUT2D eigenvalue weighted by atomic mass is 9.78. The number of carbonyl (C=O) groups excluding carboxylic acids is 1. The van der Waals surface area contributed by atoms with Crippen LogP contribution in [0, 0.1) is 5.92 Å². The molecule has 32 heavy (non-hydrogen) atoms. The topological polar surface area (TPSA) is 95.3 Å². The first-order valence-electron chi connectivity index (χ1n) is 9.46. The van der Waals surface area contributed by atoms with Crippen LogP contribution in [0.15, 0.2) is 64.1 Å². The van der Waals surface area contributed by atoms with Crippen LogP contribution in [0.5, 0.6) is 0 Å². The minimum atomic E-state index is -4.69. The Morgan fingerprint density at radius 1 is 1.19 bits per heavy atom. The quantitative estimate of drug-likeness (QED) is 0.688. The number of benzene rings is 1. The molecule has 0 fully saturated rings. The van der Waals surface area contributed by atoms with E-state index in [0.29, 0.717) is 11.1 Å². The maximum atomic E-state index is 13.1. The summed E-state index contributed by atoms with van der Waals surface area (Å²) in [5.74, 6) is -2.08. The number of hydrogen-bond donors (Lipinski definition) is 0. The summed E-state index contributed by atoms with van der Waals surface area (Å²) in [4.78, 5) is 26.2. The lowest BCUT2D eigenvalue weighted by molar-refractivity contribution is -0.143. The fraction of sp³-hybridized carbons (Fsp3) is 0.286. The Morgan fingerprint density at radius 3 is 2.50 bits per heavy atom. The number of carbonyl (C=O) groups is 1. The molecular formula is C21H17F3N2O5S. The predicted octanol–water partition coefficient (Wildman–Crippen LogP) is 2.63. The molecule has 168 valence electrons. The number of sulfone groups is 1. The van der Waals surface area contributed by atoms with Crippen molar-refractivity contribution < 1.29 is 31.1 Å². The number of halogens is 3. The molecule has 2 unspecified atom stereocenters. The summed E-state index contributed by atoms with van der Waals surface area (Å²) in [5, 5.41) is 3.65. The number of ketones is 1. The highest BCUT2D eigenvalue weighted by Crippen LogP contribution is 2.37. The van der Waals surface area contributed by atoms with Crippen molar-refractivity contribution >= 4 is 15.6 Å². The van der Waals surface area contributed by atoms with Gasteiger partial charge < -0.3 is 4.74 Å². The molecule has 1 aromatic heterocycles. The number of Topliss-reactive ketones (excluding diaryl/α,β-unsaturated/α-hetero) is 1. The zero-order chi connectivity index (χ0) is 23.3. The van der Waals surface area contributed by atoms with Crippen LogP contribution < -0.4 is 5.56 Å². The molecule has 2 aromatic rings. The van der Waals surface area contributed by atoms with E-state index in [2.05, 4.69) is 5.10 Å². The fourth-order valence-corrected chi connectivity index (χ4v) is 4.41. The Balaban J connectivity index is 1.88. The second kappa shape index (κ2) is 7.73. The summed E-state index contributed by atoms with van der Waals surface area (Å²) < 4.78 is 67.8. The fourth-order valence-electron chi connectivity index (χ4n) is 3.78. The van der Waals surface area contributed by atoms with Gasteiger partial charge in [0.1, 0.15) is 13.2 Å². The highest BCUT2D eigenvalue weighted by atomic mass is 32.2. The van der Waals surface area contributed by atoms with Gasteiger partial charge >= 0.3 is 6.18 Å². The van der Waals surface area contributed by atoms with E-state index in [-0.39, 0.29) is 33.1 Å². The van der Waals surface area contributed by atoms with Crippen molar-refractivity contribution in [3.8, 4) is 11.1 Å². The normalized spacial score (nSPS) is 20.6. The molecule has 4 rings (SSSR count). The second-order valence-electron chi connectivity index (χ2n) is 7.59. The smallest absolute Gasteiger partial charge is 0.408 e. The number of ether oxygens (including phenoxy) is 1. The van der Waals surface area contributed by atoms with Crippen molar-refractivity contribution in [1.82, 2.24) is 9.78 Å². The Bertz CT molecular complexity index is 1310. The Morgan fingerprint density at radius 2 is 1.88 bits per heavy atom. The molecule has 0 saturated carbocycles. The zero-order valence-corrected chi connectivity index (χ0v) is 17.5. The van der Waals surface area contributed by atoms with Gasteiger partial charge in [0.2, 0.25) is 0 Å². The van der Waals surface area contributed by atoms with E-state index < -0.39 is 40.0 Å². The Kier molecular flexibility index (Phi) is 5.32. The van der Waals surface area contributed by atoms with Gasteiger partial charge in [-0.25, -0.2) is 13.1 Å². The monoisotopic (exact) mass is 466 g/mol. The van der Waals surface area contributed by atoms with Crippen molar-refractivity contribution in [1.29, 1.82) is 0 Å². The van der Waals surface area contributed by atoms with Gasteiger partial charge in [-0.05, 0) is 17.7 Å². The average Bonchev–Trinajstić information content (AvgIpc) is 3.18. The number of alkyl halides is 3. The van der Waals surface area contributed by atoms with Gasteiger partial charge in [-0.15, -0.1) is 0 Å². The molecule has 1 aliphatic carbocycles. The molecule has 2 heterocycles. The lowest BCUT2D eigenvalue weighted by Gasteiger charge is -2.23. The maximum absolute atomic E-state index is 13.1. The first kappa shape index (κ1) is 22.0. The maximum Gasteiger partial charge on any atom is 0.408 e. The van der Waals surface area contributed by atoms with Crippen LogP contribution in [-0.2, 0) is 25.9 Å². The molecule has 1 aromatic carbocycles. The summed E-state index contributed by atoms with van der Waals surface area (Å²) in [6.07, 6.45) is 1.96. The summed E-state index contributed by atoms with van der Waals surface area (Å²) in [5.41, 5.74) is -0.0518. The summed E-state index contributed by atoms with van der Waals surface area (Å²) >= 11 is 0. The van der Waals surface area contributed by atoms with Crippen LogP contribution in [0.4, 0.5) is 13.2 Å². The highest BCUT2D eigenvalue weighted by Gasteiger charge is 2.38. The molecule has 0 saturated heterocycles. The largest absolute Gasteiger partial charge is 0.500 e. The minimum Gasteiger partial charge on any atom is -0.500 e. The number of fused-ring (bicyclic) bond motifs is 1. The number of rotatable bonds is 4. The second-order valence-corrected chi connectivity index (χ2v) is 9.61. The van der Waals surface area contributed by atoms with Gasteiger partial charge in [-0.2, -0.15) is 18.3 Å². The van der Waals surface area contributed by atoms with E-state index in [1.807, 2.05) is 0 Å². The third kappa shape index (κ3) is 4.12. The molecule has 0 bridgehead atoms. The molecule has 11 heteroatoms. The molecule has 0 radical (unpaired) electrons. The van der Waals surface area contributed by atoms with Crippen LogP contribution in [0.2, 0.25) is 0 Å². The summed E-state index contributed by atoms with van der Waals surface area (Å²) in [7, 11) is -3.48. The van der Waals surface area contributed by atoms with E-state index >= 15 is 0 Å². The Hall–Kier alpha value is -3.21. The van der Waals surface area contributed by atoms with Gasteiger partial charge in [-0.1, -0.05) is 24.3 Å². The van der Waals surface area contributed by atoms with E-state index in [9.17, 15) is 31.2 Å². The zero-order valence-electron chi connectivity index (χ0n) is 16.7. The van der Waals surface area contributed by atoms with Crippen LogP contribution >= 0.6 is 0 Å². The standard InChI is InChI=1S/C21H17F3N2O5S/c1-32(29,30)14-5-2-12(3-6-14)16-8-25-26(11-21(22,23)24)20(28)18(16)15-7-4-13-9-31-10-17(13)19(15)27/h2-9,15,17H,10-11H2,1H3. The number of aromatic nitrogens is 2. The van der Waals surface area contributed by atoms with E-state index in [1.54, 1.807) is 6.08 Å². The lowest BCUT2D eigenvalue weighted by Crippen LogP contribution is -2.36. The van der Waals surface area contributed by atoms with E-state index in [1.165, 1.54) is 36.6 Å². The molecule has 2 aliphatic rings. The first-order valence-corrected chi connectivity index (χ1v) is 11.4. The van der Waals surface area contributed by atoms with E-state index in [4.69, 9.17) is 4.74 Å². The van der Waals surface area contributed by atoms with Crippen molar-refractivity contribution in [3.63, 3.8) is 0 Å². The molecule has 0 N–H and O–H groups in total. The van der Waals surface area contributed by atoms with Gasteiger partial charge in [-0.3, -0.25) is 9.59 Å². The van der Waals surface area contributed by atoms with Crippen molar-refractivity contribution in [2.75, 3.05) is 12.9 Å². The number of allylic oxidation sites excluding steroid dienone is 2. The third-order valence-corrected chi connectivity index (χ3v) is 6.46.